The summed E-state index contributed by atoms with van der Waals surface area (Å²) in [5.74, 6) is 0.230. The van der Waals surface area contributed by atoms with Crippen LogP contribution in [0.5, 0.6) is 5.75 Å². The van der Waals surface area contributed by atoms with Gasteiger partial charge in [0.1, 0.15) is 11.3 Å². The van der Waals surface area contributed by atoms with Gasteiger partial charge in [0.05, 0.1) is 6.26 Å². The maximum absolute atomic E-state index is 10.8. The predicted molar refractivity (Wildman–Crippen MR) is 49.5 cm³/mol. The Hall–Kier alpha value is -1.56. The molecule has 0 fully saturated rings. The summed E-state index contributed by atoms with van der Waals surface area (Å²) in [6.07, 6.45) is 2.27. The van der Waals surface area contributed by atoms with Gasteiger partial charge >= 0.3 is 10.1 Å². The standard InChI is InChI=1S/C8H7NO4S/c1-14(10,11)13-6-2-3-8-7(4-6)9-5-12-8/h2-5H,1H3. The van der Waals surface area contributed by atoms with Gasteiger partial charge in [0.25, 0.3) is 0 Å². The highest BCUT2D eigenvalue weighted by Gasteiger charge is 2.06. The zero-order valence-corrected chi connectivity index (χ0v) is 8.11. The third-order valence-electron chi connectivity index (χ3n) is 1.55. The molecule has 1 aromatic carbocycles. The second kappa shape index (κ2) is 2.98. The summed E-state index contributed by atoms with van der Waals surface area (Å²) in [6.45, 7) is 0. The van der Waals surface area contributed by atoms with Gasteiger partial charge in [-0.05, 0) is 12.1 Å². The van der Waals surface area contributed by atoms with Crippen LogP contribution in [0.15, 0.2) is 29.0 Å². The Morgan fingerprint density at radius 1 is 1.43 bits per heavy atom. The second-order valence-corrected chi connectivity index (χ2v) is 4.34. The Labute approximate surface area is 80.4 Å². The Balaban J connectivity index is 2.44. The summed E-state index contributed by atoms with van der Waals surface area (Å²) in [6, 6.07) is 4.61. The lowest BCUT2D eigenvalue weighted by Crippen LogP contribution is -2.05. The molecule has 0 atom stereocenters. The maximum Gasteiger partial charge on any atom is 0.306 e. The third kappa shape index (κ3) is 1.85. The number of rotatable bonds is 2. The highest BCUT2D eigenvalue weighted by molar-refractivity contribution is 7.86. The summed E-state index contributed by atoms with van der Waals surface area (Å²) in [4.78, 5) is 3.87. The number of oxazole rings is 1. The summed E-state index contributed by atoms with van der Waals surface area (Å²) < 4.78 is 31.3. The Morgan fingerprint density at radius 2 is 2.21 bits per heavy atom. The van der Waals surface area contributed by atoms with Crippen molar-refractivity contribution < 1.29 is 17.0 Å². The molecule has 0 N–H and O–H groups in total. The molecule has 5 nitrogen and oxygen atoms in total. The van der Waals surface area contributed by atoms with Crippen LogP contribution in [0.3, 0.4) is 0 Å². The lowest BCUT2D eigenvalue weighted by Gasteiger charge is -2.00. The summed E-state index contributed by atoms with van der Waals surface area (Å²) in [5, 5.41) is 0. The molecule has 2 aromatic rings. The van der Waals surface area contributed by atoms with Gasteiger partial charge in [0.2, 0.25) is 0 Å². The van der Waals surface area contributed by atoms with E-state index in [1.165, 1.54) is 18.5 Å². The molecule has 0 aliphatic carbocycles. The SMILES string of the molecule is CS(=O)(=O)Oc1ccc2ocnc2c1. The van der Waals surface area contributed by atoms with Crippen LogP contribution in [0.4, 0.5) is 0 Å². The fourth-order valence-corrected chi connectivity index (χ4v) is 1.52. The van der Waals surface area contributed by atoms with Crippen molar-refractivity contribution in [2.24, 2.45) is 0 Å². The van der Waals surface area contributed by atoms with Crippen LogP contribution in [0.25, 0.3) is 11.1 Å². The molecule has 14 heavy (non-hydrogen) atoms. The van der Waals surface area contributed by atoms with Crippen LogP contribution in [0.2, 0.25) is 0 Å². The van der Waals surface area contributed by atoms with Gasteiger partial charge in [-0.2, -0.15) is 8.42 Å². The largest absolute Gasteiger partial charge is 0.443 e. The van der Waals surface area contributed by atoms with Crippen LogP contribution in [0.1, 0.15) is 0 Å². The minimum absolute atomic E-state index is 0.230. The summed E-state index contributed by atoms with van der Waals surface area (Å²) >= 11 is 0. The van der Waals surface area contributed by atoms with Gasteiger partial charge < -0.3 is 8.60 Å². The first-order chi connectivity index (χ1) is 6.54. The minimum atomic E-state index is -3.49. The Kier molecular flexibility index (Phi) is 1.92. The summed E-state index contributed by atoms with van der Waals surface area (Å²) in [5.41, 5.74) is 1.15. The molecule has 0 spiro atoms. The van der Waals surface area contributed by atoms with E-state index in [1.807, 2.05) is 0 Å². The topological polar surface area (TPSA) is 69.4 Å². The van der Waals surface area contributed by atoms with E-state index in [0.717, 1.165) is 6.26 Å². The van der Waals surface area contributed by atoms with Crippen molar-refractivity contribution in [3.63, 3.8) is 0 Å². The Morgan fingerprint density at radius 3 is 2.93 bits per heavy atom. The van der Waals surface area contributed by atoms with Crippen LogP contribution < -0.4 is 4.18 Å². The smallest absolute Gasteiger partial charge is 0.306 e. The minimum Gasteiger partial charge on any atom is -0.443 e. The number of hydrogen-bond acceptors (Lipinski definition) is 5. The highest BCUT2D eigenvalue weighted by Crippen LogP contribution is 2.20. The fraction of sp³-hybridized carbons (Fsp3) is 0.125. The zero-order valence-electron chi connectivity index (χ0n) is 7.30. The molecule has 0 saturated heterocycles. The molecule has 6 heteroatoms. The van der Waals surface area contributed by atoms with Crippen molar-refractivity contribution in [1.29, 1.82) is 0 Å². The molecule has 0 bridgehead atoms. The first kappa shape index (κ1) is 9.01. The quantitative estimate of drug-likeness (QED) is 0.700. The average Bonchev–Trinajstić information content (AvgIpc) is 2.47. The first-order valence-electron chi connectivity index (χ1n) is 3.77. The van der Waals surface area contributed by atoms with E-state index in [4.69, 9.17) is 4.42 Å². The lowest BCUT2D eigenvalue weighted by molar-refractivity contribution is 0.493. The van der Waals surface area contributed by atoms with Crippen molar-refractivity contribution in [3.8, 4) is 5.75 Å². The highest BCUT2D eigenvalue weighted by atomic mass is 32.2. The van der Waals surface area contributed by atoms with Gasteiger partial charge in [-0.3, -0.25) is 0 Å². The van der Waals surface area contributed by atoms with E-state index in [-0.39, 0.29) is 5.75 Å². The molecule has 0 aliphatic rings. The van der Waals surface area contributed by atoms with Crippen molar-refractivity contribution >= 4 is 21.2 Å². The molecular formula is C8H7NO4S. The van der Waals surface area contributed by atoms with Gasteiger partial charge in [-0.25, -0.2) is 4.98 Å². The van der Waals surface area contributed by atoms with Crippen molar-refractivity contribution in [1.82, 2.24) is 4.98 Å². The van der Waals surface area contributed by atoms with Crippen LogP contribution in [-0.4, -0.2) is 19.7 Å². The van der Waals surface area contributed by atoms with E-state index >= 15 is 0 Å². The normalized spacial score (nSPS) is 11.8. The molecule has 0 unspecified atom stereocenters. The van der Waals surface area contributed by atoms with Crippen molar-refractivity contribution in [3.05, 3.63) is 24.6 Å². The molecule has 2 rings (SSSR count). The molecule has 0 saturated carbocycles. The Bertz CT molecular complexity index is 557. The van der Waals surface area contributed by atoms with E-state index in [1.54, 1.807) is 6.07 Å². The van der Waals surface area contributed by atoms with Gasteiger partial charge in [-0.15, -0.1) is 0 Å². The van der Waals surface area contributed by atoms with E-state index in [0.29, 0.717) is 11.1 Å². The number of aromatic nitrogens is 1. The van der Waals surface area contributed by atoms with E-state index in [9.17, 15) is 8.42 Å². The average molecular weight is 213 g/mol. The van der Waals surface area contributed by atoms with E-state index < -0.39 is 10.1 Å². The second-order valence-electron chi connectivity index (χ2n) is 2.77. The van der Waals surface area contributed by atoms with Gasteiger partial charge in [0.15, 0.2) is 12.0 Å². The van der Waals surface area contributed by atoms with Gasteiger partial charge in [0, 0.05) is 6.07 Å². The number of hydrogen-bond donors (Lipinski definition) is 0. The van der Waals surface area contributed by atoms with Gasteiger partial charge in [-0.1, -0.05) is 0 Å². The fourth-order valence-electron chi connectivity index (χ4n) is 1.06. The predicted octanol–water partition coefficient (Wildman–Crippen LogP) is 1.17. The number of benzene rings is 1. The van der Waals surface area contributed by atoms with Crippen LogP contribution >= 0.6 is 0 Å². The van der Waals surface area contributed by atoms with E-state index in [2.05, 4.69) is 9.17 Å². The molecule has 0 amide bonds. The molecular weight excluding hydrogens is 206 g/mol. The molecule has 0 aliphatic heterocycles. The maximum atomic E-state index is 10.8. The first-order valence-corrected chi connectivity index (χ1v) is 5.59. The third-order valence-corrected chi connectivity index (χ3v) is 2.04. The lowest BCUT2D eigenvalue weighted by atomic mass is 10.3. The van der Waals surface area contributed by atoms with Crippen molar-refractivity contribution in [2.75, 3.05) is 6.26 Å². The number of fused-ring (bicyclic) bond motifs is 1. The molecule has 1 heterocycles. The molecule has 74 valence electrons. The van der Waals surface area contributed by atoms with Crippen molar-refractivity contribution in [2.45, 2.75) is 0 Å². The van der Waals surface area contributed by atoms with Crippen LogP contribution in [0, 0.1) is 0 Å². The monoisotopic (exact) mass is 213 g/mol. The molecule has 0 radical (unpaired) electrons. The number of nitrogens with zero attached hydrogens (tertiary/aromatic N) is 1. The van der Waals surface area contributed by atoms with Crippen LogP contribution in [-0.2, 0) is 10.1 Å². The zero-order chi connectivity index (χ0) is 10.2. The summed E-state index contributed by atoms with van der Waals surface area (Å²) in [7, 11) is -3.49. The molecule has 1 aromatic heterocycles.